The van der Waals surface area contributed by atoms with Crippen LogP contribution in [0.25, 0.3) is 11.3 Å². The highest BCUT2D eigenvalue weighted by Gasteiger charge is 2.16. The van der Waals surface area contributed by atoms with Crippen LogP contribution in [0.3, 0.4) is 0 Å². The number of nitrogens with one attached hydrogen (secondary N) is 1. The summed E-state index contributed by atoms with van der Waals surface area (Å²) in [6.07, 6.45) is 4.66. The molecule has 6 nitrogen and oxygen atoms in total. The van der Waals surface area contributed by atoms with Crippen LogP contribution in [0.2, 0.25) is 0 Å². The average Bonchev–Trinajstić information content (AvgIpc) is 3.11. The van der Waals surface area contributed by atoms with Crippen LogP contribution in [0.1, 0.15) is 17.0 Å². The van der Waals surface area contributed by atoms with E-state index in [0.29, 0.717) is 12.4 Å². The molecule has 1 aliphatic rings. The summed E-state index contributed by atoms with van der Waals surface area (Å²) < 4.78 is 9.46. The van der Waals surface area contributed by atoms with Crippen molar-refractivity contribution in [1.29, 1.82) is 0 Å². The minimum absolute atomic E-state index is 0. The number of halogens is 1. The number of nitrogens with zero attached hydrogens (tertiary/aromatic N) is 3. The molecular formula is C22H21ClN4O2. The molecular weight excluding hydrogens is 388 g/mol. The van der Waals surface area contributed by atoms with Gasteiger partial charge in [-0.05, 0) is 17.7 Å². The van der Waals surface area contributed by atoms with Crippen molar-refractivity contribution in [1.82, 2.24) is 19.3 Å². The lowest BCUT2D eigenvalue weighted by Gasteiger charge is -2.12. The molecule has 4 heterocycles. The van der Waals surface area contributed by atoms with Crippen LogP contribution in [0.5, 0.6) is 5.75 Å². The van der Waals surface area contributed by atoms with Gasteiger partial charge in [-0.1, -0.05) is 30.3 Å². The van der Waals surface area contributed by atoms with E-state index in [-0.39, 0.29) is 18.0 Å². The van der Waals surface area contributed by atoms with Gasteiger partial charge in [0.1, 0.15) is 18.0 Å². The third-order valence-electron chi connectivity index (χ3n) is 5.04. The van der Waals surface area contributed by atoms with Crippen molar-refractivity contribution >= 4 is 18.1 Å². The molecule has 3 aromatic heterocycles. The molecule has 0 spiro atoms. The number of ether oxygens (including phenoxy) is 1. The second-order valence-electron chi connectivity index (χ2n) is 6.89. The van der Waals surface area contributed by atoms with Crippen molar-refractivity contribution in [2.45, 2.75) is 19.6 Å². The third kappa shape index (κ3) is 3.77. The van der Waals surface area contributed by atoms with Crippen molar-refractivity contribution in [3.8, 4) is 11.4 Å². The van der Waals surface area contributed by atoms with Crippen LogP contribution < -0.4 is 15.6 Å². The molecule has 0 unspecified atom stereocenters. The van der Waals surface area contributed by atoms with Gasteiger partial charge in [0.25, 0.3) is 5.56 Å². The van der Waals surface area contributed by atoms with E-state index in [1.165, 1.54) is 11.8 Å². The second-order valence-corrected chi connectivity index (χ2v) is 6.89. The maximum atomic E-state index is 12.6. The molecule has 0 saturated heterocycles. The molecule has 0 atom stereocenters. The summed E-state index contributed by atoms with van der Waals surface area (Å²) in [5, 5.41) is 3.37. The maximum absolute atomic E-state index is 12.6. The van der Waals surface area contributed by atoms with E-state index < -0.39 is 0 Å². The van der Waals surface area contributed by atoms with Crippen molar-refractivity contribution in [2.24, 2.45) is 0 Å². The molecule has 5 rings (SSSR count). The number of hydrogen-bond acceptors (Lipinski definition) is 4. The SMILES string of the molecule is Cl.O=c1cc(OCc2ccccc2)ccn1-c1ccn2c3c(nc2c1)CCNC3. The quantitative estimate of drug-likeness (QED) is 0.563. The topological polar surface area (TPSA) is 60.6 Å². The molecule has 0 amide bonds. The largest absolute Gasteiger partial charge is 0.489 e. The maximum Gasteiger partial charge on any atom is 0.258 e. The molecule has 29 heavy (non-hydrogen) atoms. The smallest absolute Gasteiger partial charge is 0.258 e. The first-order valence-corrected chi connectivity index (χ1v) is 9.38. The van der Waals surface area contributed by atoms with Crippen LogP contribution in [-0.4, -0.2) is 20.5 Å². The fourth-order valence-corrected chi connectivity index (χ4v) is 3.59. The Morgan fingerprint density at radius 1 is 1.07 bits per heavy atom. The highest BCUT2D eigenvalue weighted by molar-refractivity contribution is 5.85. The monoisotopic (exact) mass is 408 g/mol. The van der Waals surface area contributed by atoms with Gasteiger partial charge in [0.05, 0.1) is 17.1 Å². The third-order valence-corrected chi connectivity index (χ3v) is 5.04. The van der Waals surface area contributed by atoms with Crippen molar-refractivity contribution < 1.29 is 4.74 Å². The molecule has 148 valence electrons. The van der Waals surface area contributed by atoms with E-state index in [1.807, 2.05) is 54.7 Å². The summed E-state index contributed by atoms with van der Waals surface area (Å²) in [6, 6.07) is 17.1. The highest BCUT2D eigenvalue weighted by Crippen LogP contribution is 2.19. The predicted octanol–water partition coefficient (Wildman–Crippen LogP) is 3.13. The van der Waals surface area contributed by atoms with Crippen molar-refractivity contribution in [3.05, 3.63) is 94.3 Å². The van der Waals surface area contributed by atoms with Gasteiger partial charge < -0.3 is 14.5 Å². The highest BCUT2D eigenvalue weighted by atomic mass is 35.5. The zero-order chi connectivity index (χ0) is 18.9. The Bertz CT molecular complexity index is 1200. The fraction of sp³-hybridized carbons (Fsp3) is 0.182. The lowest BCUT2D eigenvalue weighted by molar-refractivity contribution is 0.305. The van der Waals surface area contributed by atoms with Crippen LogP contribution in [0.4, 0.5) is 0 Å². The normalized spacial score (nSPS) is 13.0. The molecule has 4 aromatic rings. The molecule has 1 N–H and O–H groups in total. The van der Waals surface area contributed by atoms with Crippen LogP contribution in [0.15, 0.2) is 71.8 Å². The van der Waals surface area contributed by atoms with Gasteiger partial charge in [-0.25, -0.2) is 4.98 Å². The van der Waals surface area contributed by atoms with E-state index in [1.54, 1.807) is 10.8 Å². The summed E-state index contributed by atoms with van der Waals surface area (Å²) in [6.45, 7) is 2.21. The number of fused-ring (bicyclic) bond motifs is 3. The van der Waals surface area contributed by atoms with Crippen LogP contribution in [0, 0.1) is 0 Å². The summed E-state index contributed by atoms with van der Waals surface area (Å²) in [4.78, 5) is 17.4. The van der Waals surface area contributed by atoms with E-state index in [9.17, 15) is 4.79 Å². The van der Waals surface area contributed by atoms with E-state index >= 15 is 0 Å². The van der Waals surface area contributed by atoms with Crippen molar-refractivity contribution in [2.75, 3.05) is 6.54 Å². The van der Waals surface area contributed by atoms with Gasteiger partial charge in [0.2, 0.25) is 0 Å². The Kier molecular flexibility index (Phi) is 5.38. The number of rotatable bonds is 4. The Balaban J connectivity index is 0.00000205. The molecule has 0 fully saturated rings. The minimum Gasteiger partial charge on any atom is -0.489 e. The van der Waals surface area contributed by atoms with Crippen molar-refractivity contribution in [3.63, 3.8) is 0 Å². The first-order valence-electron chi connectivity index (χ1n) is 9.38. The Hall–Kier alpha value is -3.09. The first kappa shape index (κ1) is 19.2. The van der Waals surface area contributed by atoms with Gasteiger partial charge in [-0.3, -0.25) is 9.36 Å². The number of benzene rings is 1. The van der Waals surface area contributed by atoms with Gasteiger partial charge in [0.15, 0.2) is 0 Å². The molecule has 7 heteroatoms. The Morgan fingerprint density at radius 3 is 2.76 bits per heavy atom. The van der Waals surface area contributed by atoms with Crippen LogP contribution in [-0.2, 0) is 19.6 Å². The molecule has 0 aliphatic carbocycles. The van der Waals surface area contributed by atoms with Gasteiger partial charge in [0, 0.05) is 44.0 Å². The molecule has 1 aliphatic heterocycles. The summed E-state index contributed by atoms with van der Waals surface area (Å²) in [5.41, 5.74) is 4.92. The van der Waals surface area contributed by atoms with Gasteiger partial charge in [-0.2, -0.15) is 0 Å². The lowest BCUT2D eigenvalue weighted by atomic mass is 10.2. The zero-order valence-electron chi connectivity index (χ0n) is 15.7. The Morgan fingerprint density at radius 2 is 1.93 bits per heavy atom. The van der Waals surface area contributed by atoms with Gasteiger partial charge >= 0.3 is 0 Å². The van der Waals surface area contributed by atoms with E-state index in [2.05, 4.69) is 9.72 Å². The second kappa shape index (κ2) is 8.11. The zero-order valence-corrected chi connectivity index (χ0v) is 16.6. The van der Waals surface area contributed by atoms with E-state index in [0.717, 1.165) is 42.1 Å². The van der Waals surface area contributed by atoms with E-state index in [4.69, 9.17) is 9.72 Å². The minimum atomic E-state index is -0.132. The molecule has 1 aromatic carbocycles. The number of hydrogen-bond donors (Lipinski definition) is 1. The number of imidazole rings is 1. The molecule has 0 bridgehead atoms. The average molecular weight is 409 g/mol. The Labute approximate surface area is 174 Å². The summed E-state index contributed by atoms with van der Waals surface area (Å²) >= 11 is 0. The summed E-state index contributed by atoms with van der Waals surface area (Å²) in [5.74, 6) is 0.563. The van der Waals surface area contributed by atoms with Crippen LogP contribution >= 0.6 is 12.4 Å². The first-order chi connectivity index (χ1) is 13.8. The number of aromatic nitrogens is 3. The predicted molar refractivity (Wildman–Crippen MR) is 114 cm³/mol. The lowest BCUT2D eigenvalue weighted by Crippen LogP contribution is -2.24. The van der Waals surface area contributed by atoms with Gasteiger partial charge in [-0.15, -0.1) is 12.4 Å². The summed E-state index contributed by atoms with van der Waals surface area (Å²) in [7, 11) is 0. The fourth-order valence-electron chi connectivity index (χ4n) is 3.59. The standard InChI is InChI=1S/C22H20N4O2.ClH/c27-22-13-18(28-15-16-4-2-1-3-5-16)8-11-25(22)17-7-10-26-20-14-23-9-6-19(20)24-21(26)12-17;/h1-5,7-8,10-13,23H,6,9,14-15H2;1H. The molecule has 0 saturated carbocycles. The molecule has 0 radical (unpaired) electrons. The number of pyridine rings is 2.